The number of carbonyl (C=O) groups is 1. The topological polar surface area (TPSA) is 63.9 Å². The smallest absolute Gasteiger partial charge is 0.244 e. The fourth-order valence-corrected chi connectivity index (χ4v) is 5.65. The van der Waals surface area contributed by atoms with Crippen LogP contribution >= 0.6 is 11.3 Å². The van der Waals surface area contributed by atoms with Crippen LogP contribution in [0.4, 0.5) is 4.39 Å². The molecule has 0 spiro atoms. The average molecular weight is 466 g/mol. The Balaban J connectivity index is 1.39. The highest BCUT2D eigenvalue weighted by Gasteiger charge is 2.26. The standard InChI is InChI=1S/C25H28FN5OS/c1-16-14-19(8-9-20(16)26)24-28-25(18-6-4-3-5-7-18)31(29-24)15-23(32)30-12-10-21-22(11-13-30)33-17(2)27-21/h3-4,8-9,14,18H,5-7,10-13,15H2,1-2H3. The lowest BCUT2D eigenvalue weighted by Crippen LogP contribution is -2.36. The van der Waals surface area contributed by atoms with Gasteiger partial charge in [0.15, 0.2) is 5.82 Å². The second-order valence-corrected chi connectivity index (χ2v) is 10.2. The third-order valence-corrected chi connectivity index (χ3v) is 7.57. The molecule has 1 amide bonds. The van der Waals surface area contributed by atoms with Gasteiger partial charge in [0.2, 0.25) is 5.91 Å². The summed E-state index contributed by atoms with van der Waals surface area (Å²) in [5.74, 6) is 1.43. The fourth-order valence-electron chi connectivity index (χ4n) is 4.68. The van der Waals surface area contributed by atoms with Gasteiger partial charge in [-0.1, -0.05) is 12.2 Å². The van der Waals surface area contributed by atoms with Crippen molar-refractivity contribution in [2.75, 3.05) is 13.1 Å². The number of aromatic nitrogens is 4. The van der Waals surface area contributed by atoms with Crippen molar-refractivity contribution in [1.29, 1.82) is 0 Å². The summed E-state index contributed by atoms with van der Waals surface area (Å²) in [5, 5.41) is 5.82. The summed E-state index contributed by atoms with van der Waals surface area (Å²) in [6.07, 6.45) is 8.89. The van der Waals surface area contributed by atoms with Crippen LogP contribution < -0.4 is 0 Å². The molecule has 2 aromatic heterocycles. The van der Waals surface area contributed by atoms with Gasteiger partial charge in [-0.2, -0.15) is 5.10 Å². The van der Waals surface area contributed by atoms with Crippen molar-refractivity contribution in [1.82, 2.24) is 24.6 Å². The predicted octanol–water partition coefficient (Wildman–Crippen LogP) is 4.61. The van der Waals surface area contributed by atoms with Crippen molar-refractivity contribution >= 4 is 17.2 Å². The minimum absolute atomic E-state index is 0.0567. The summed E-state index contributed by atoms with van der Waals surface area (Å²) in [6.45, 7) is 5.32. The molecular weight excluding hydrogens is 437 g/mol. The Bertz CT molecular complexity index is 1190. The SMILES string of the molecule is Cc1nc2c(s1)CCN(C(=O)Cn1nc(-c3ccc(F)c(C)c3)nc1C1CC=CCC1)CC2. The molecule has 172 valence electrons. The van der Waals surface area contributed by atoms with Crippen LogP contribution in [0.3, 0.4) is 0 Å². The van der Waals surface area contributed by atoms with E-state index < -0.39 is 0 Å². The highest BCUT2D eigenvalue weighted by molar-refractivity contribution is 7.11. The highest BCUT2D eigenvalue weighted by atomic mass is 32.1. The van der Waals surface area contributed by atoms with Crippen LogP contribution in [0.1, 0.15) is 52.1 Å². The van der Waals surface area contributed by atoms with Crippen molar-refractivity contribution in [3.05, 3.63) is 63.1 Å². The van der Waals surface area contributed by atoms with E-state index in [4.69, 9.17) is 10.1 Å². The Hall–Kier alpha value is -2.87. The van der Waals surface area contributed by atoms with Gasteiger partial charge in [0.25, 0.3) is 0 Å². The number of thiazole rings is 1. The van der Waals surface area contributed by atoms with Gasteiger partial charge >= 0.3 is 0 Å². The molecule has 3 aromatic rings. The first-order valence-electron chi connectivity index (χ1n) is 11.6. The Morgan fingerprint density at radius 3 is 2.82 bits per heavy atom. The summed E-state index contributed by atoms with van der Waals surface area (Å²) in [5.41, 5.74) is 2.47. The zero-order valence-corrected chi connectivity index (χ0v) is 19.9. The fraction of sp³-hybridized carbons (Fsp3) is 0.440. The van der Waals surface area contributed by atoms with Gasteiger partial charge in [-0.05, 0) is 56.9 Å². The van der Waals surface area contributed by atoms with E-state index in [1.165, 1.54) is 10.9 Å². The second-order valence-electron chi connectivity index (χ2n) is 8.88. The molecule has 0 saturated carbocycles. The normalized spacial score (nSPS) is 18.3. The molecule has 1 unspecified atom stereocenters. The maximum atomic E-state index is 13.8. The van der Waals surface area contributed by atoms with E-state index in [-0.39, 0.29) is 24.2 Å². The third-order valence-electron chi connectivity index (χ3n) is 6.50. The number of fused-ring (bicyclic) bond motifs is 1. The molecule has 0 N–H and O–H groups in total. The molecule has 0 radical (unpaired) electrons. The number of hydrogen-bond acceptors (Lipinski definition) is 5. The van der Waals surface area contributed by atoms with Gasteiger partial charge in [0.1, 0.15) is 18.2 Å². The number of aryl methyl sites for hydroxylation is 2. The number of allylic oxidation sites excluding steroid dienone is 2. The largest absolute Gasteiger partial charge is 0.340 e. The van der Waals surface area contributed by atoms with Crippen LogP contribution in [-0.2, 0) is 24.2 Å². The zero-order chi connectivity index (χ0) is 22.9. The van der Waals surface area contributed by atoms with Gasteiger partial charge in [-0.25, -0.2) is 19.0 Å². The first-order chi connectivity index (χ1) is 16.0. The molecule has 8 heteroatoms. The second kappa shape index (κ2) is 9.17. The number of rotatable bonds is 4. The van der Waals surface area contributed by atoms with Gasteiger partial charge < -0.3 is 4.90 Å². The lowest BCUT2D eigenvalue weighted by Gasteiger charge is -2.22. The molecule has 1 aliphatic carbocycles. The molecule has 5 rings (SSSR count). The van der Waals surface area contributed by atoms with Crippen LogP contribution in [-0.4, -0.2) is 43.6 Å². The number of nitrogens with zero attached hydrogens (tertiary/aromatic N) is 5. The molecule has 1 aliphatic heterocycles. The minimum atomic E-state index is -0.245. The monoisotopic (exact) mass is 465 g/mol. The van der Waals surface area contributed by atoms with E-state index in [9.17, 15) is 9.18 Å². The Morgan fingerprint density at radius 2 is 2.03 bits per heavy atom. The molecule has 3 heterocycles. The molecule has 1 aromatic carbocycles. The van der Waals surface area contributed by atoms with Gasteiger partial charge in [-0.3, -0.25) is 4.79 Å². The molecule has 0 bridgehead atoms. The third kappa shape index (κ3) is 4.62. The summed E-state index contributed by atoms with van der Waals surface area (Å²) < 4.78 is 15.6. The first kappa shape index (κ1) is 21.9. The van der Waals surface area contributed by atoms with E-state index in [0.717, 1.165) is 54.2 Å². The number of hydrogen-bond donors (Lipinski definition) is 0. The van der Waals surface area contributed by atoms with E-state index >= 15 is 0 Å². The summed E-state index contributed by atoms with van der Waals surface area (Å²) in [7, 11) is 0. The minimum Gasteiger partial charge on any atom is -0.340 e. The predicted molar refractivity (Wildman–Crippen MR) is 127 cm³/mol. The van der Waals surface area contributed by atoms with Crippen LogP contribution in [0.5, 0.6) is 0 Å². The lowest BCUT2D eigenvalue weighted by molar-refractivity contribution is -0.132. The van der Waals surface area contributed by atoms with Crippen LogP contribution in [0.15, 0.2) is 30.4 Å². The van der Waals surface area contributed by atoms with Gasteiger partial charge in [-0.15, -0.1) is 11.3 Å². The Labute approximate surface area is 197 Å². The van der Waals surface area contributed by atoms with Crippen molar-refractivity contribution < 1.29 is 9.18 Å². The van der Waals surface area contributed by atoms with Crippen LogP contribution in [0.25, 0.3) is 11.4 Å². The molecule has 1 atom stereocenters. The summed E-state index contributed by atoms with van der Waals surface area (Å²) >= 11 is 1.74. The van der Waals surface area contributed by atoms with E-state index in [2.05, 4.69) is 17.1 Å². The van der Waals surface area contributed by atoms with Gasteiger partial charge in [0.05, 0.1) is 10.7 Å². The zero-order valence-electron chi connectivity index (χ0n) is 19.1. The van der Waals surface area contributed by atoms with Crippen molar-refractivity contribution in [3.63, 3.8) is 0 Å². The van der Waals surface area contributed by atoms with Crippen molar-refractivity contribution in [2.24, 2.45) is 0 Å². The molecule has 6 nitrogen and oxygen atoms in total. The van der Waals surface area contributed by atoms with Gasteiger partial charge in [0, 0.05) is 42.3 Å². The quantitative estimate of drug-likeness (QED) is 0.528. The maximum absolute atomic E-state index is 13.8. The van der Waals surface area contributed by atoms with Crippen LogP contribution in [0, 0.1) is 19.7 Å². The van der Waals surface area contributed by atoms with Crippen molar-refractivity contribution in [3.8, 4) is 11.4 Å². The van der Waals surface area contributed by atoms with Crippen molar-refractivity contribution in [2.45, 2.75) is 58.4 Å². The first-order valence-corrected chi connectivity index (χ1v) is 12.4. The number of halogens is 1. The molecular formula is C25H28FN5OS. The molecule has 2 aliphatic rings. The summed E-state index contributed by atoms with van der Waals surface area (Å²) in [6, 6.07) is 4.92. The average Bonchev–Trinajstić information content (AvgIpc) is 3.33. The Morgan fingerprint density at radius 1 is 1.18 bits per heavy atom. The number of amides is 1. The lowest BCUT2D eigenvalue weighted by atomic mass is 9.93. The van der Waals surface area contributed by atoms with E-state index in [1.807, 2.05) is 11.8 Å². The summed E-state index contributed by atoms with van der Waals surface area (Å²) in [4.78, 5) is 26.0. The number of benzene rings is 1. The van der Waals surface area contributed by atoms with E-state index in [0.29, 0.717) is 24.5 Å². The highest BCUT2D eigenvalue weighted by Crippen LogP contribution is 2.30. The number of carbonyl (C=O) groups excluding carboxylic acids is 1. The van der Waals surface area contributed by atoms with Crippen LogP contribution in [0.2, 0.25) is 0 Å². The Kier molecular flexibility index (Phi) is 6.10. The maximum Gasteiger partial charge on any atom is 0.244 e. The molecule has 33 heavy (non-hydrogen) atoms. The molecule has 0 fully saturated rings. The molecule has 0 saturated heterocycles. The van der Waals surface area contributed by atoms with E-state index in [1.54, 1.807) is 35.1 Å².